The van der Waals surface area contributed by atoms with Gasteiger partial charge in [0.15, 0.2) is 0 Å². The molecule has 1 heterocycles. The molecule has 1 unspecified atom stereocenters. The van der Waals surface area contributed by atoms with Crippen molar-refractivity contribution in [2.24, 2.45) is 0 Å². The normalized spacial score (nSPS) is 12.9. The zero-order valence-corrected chi connectivity index (χ0v) is 12.2. The molecule has 0 aliphatic heterocycles. The number of aliphatic hydroxyl groups excluding tert-OH is 1. The summed E-state index contributed by atoms with van der Waals surface area (Å²) in [4.78, 5) is 1.24. The number of halogens is 1. The number of hydrogen-bond donors (Lipinski definition) is 2. The van der Waals surface area contributed by atoms with Gasteiger partial charge in [0.05, 0.1) is 25.9 Å². The van der Waals surface area contributed by atoms with Crippen LogP contribution in [0.2, 0.25) is 0 Å². The molecule has 2 N–H and O–H groups in total. The van der Waals surface area contributed by atoms with Gasteiger partial charge in [0.2, 0.25) is 0 Å². The number of ether oxygens (including phenoxy) is 2. The highest BCUT2D eigenvalue weighted by Crippen LogP contribution is 2.19. The monoisotopic (exact) mass is 323 g/mol. The molecule has 98 valence electrons. The first-order valence-electron chi connectivity index (χ1n) is 5.40. The maximum Gasteiger partial charge on any atom is 0.0897 e. The Hall–Kier alpha value is 0.0200. The number of rotatable bonds is 9. The van der Waals surface area contributed by atoms with Crippen LogP contribution in [0.4, 0.5) is 0 Å². The summed E-state index contributed by atoms with van der Waals surface area (Å²) in [6, 6.07) is 2.07. The first kappa shape index (κ1) is 15.1. The van der Waals surface area contributed by atoms with Crippen molar-refractivity contribution >= 4 is 27.3 Å². The summed E-state index contributed by atoms with van der Waals surface area (Å²) in [5.41, 5.74) is 0. The van der Waals surface area contributed by atoms with Crippen molar-refractivity contribution in [2.75, 3.05) is 33.5 Å². The summed E-state index contributed by atoms with van der Waals surface area (Å²) in [7, 11) is 1.63. The molecule has 0 spiro atoms. The summed E-state index contributed by atoms with van der Waals surface area (Å²) in [6.07, 6.45) is -0.477. The number of nitrogens with one attached hydrogen (secondary N) is 1. The molecule has 0 saturated heterocycles. The van der Waals surface area contributed by atoms with E-state index >= 15 is 0 Å². The Bertz CT molecular complexity index is 309. The smallest absolute Gasteiger partial charge is 0.0897 e. The van der Waals surface area contributed by atoms with Crippen LogP contribution in [0.5, 0.6) is 0 Å². The molecular formula is C11H18BrNO3S. The molecule has 1 aromatic heterocycles. The zero-order valence-electron chi connectivity index (χ0n) is 9.82. The molecular weight excluding hydrogens is 306 g/mol. The van der Waals surface area contributed by atoms with Gasteiger partial charge in [-0.2, -0.15) is 0 Å². The van der Waals surface area contributed by atoms with Crippen LogP contribution >= 0.6 is 27.3 Å². The minimum Gasteiger partial charge on any atom is -0.389 e. The quantitative estimate of drug-likeness (QED) is 0.678. The number of aliphatic hydroxyl groups is 1. The van der Waals surface area contributed by atoms with E-state index in [1.807, 2.05) is 5.38 Å². The average molecular weight is 324 g/mol. The predicted octanol–water partition coefficient (Wildman–Crippen LogP) is 1.62. The standard InChI is InChI=1S/C11H18BrNO3S/c1-15-2-3-16-7-10(14)5-13-6-11-4-9(12)8-17-11/h4,8,10,13-14H,2-3,5-7H2,1H3. The summed E-state index contributed by atoms with van der Waals surface area (Å²) < 4.78 is 11.2. The Morgan fingerprint density at radius 3 is 3.00 bits per heavy atom. The summed E-state index contributed by atoms with van der Waals surface area (Å²) in [6.45, 7) is 2.72. The van der Waals surface area contributed by atoms with E-state index < -0.39 is 6.10 Å². The molecule has 1 atom stereocenters. The Labute approximate surface area is 114 Å². The molecule has 0 amide bonds. The van der Waals surface area contributed by atoms with E-state index in [1.165, 1.54) is 4.88 Å². The Morgan fingerprint density at radius 1 is 1.53 bits per heavy atom. The lowest BCUT2D eigenvalue weighted by Crippen LogP contribution is -2.30. The van der Waals surface area contributed by atoms with E-state index in [0.29, 0.717) is 26.4 Å². The van der Waals surface area contributed by atoms with Gasteiger partial charge < -0.3 is 19.9 Å². The van der Waals surface area contributed by atoms with Gasteiger partial charge >= 0.3 is 0 Å². The topological polar surface area (TPSA) is 50.7 Å². The fourth-order valence-corrected chi connectivity index (χ4v) is 2.65. The molecule has 6 heteroatoms. The molecule has 0 saturated carbocycles. The van der Waals surface area contributed by atoms with Crippen molar-refractivity contribution in [2.45, 2.75) is 12.6 Å². The molecule has 0 bridgehead atoms. The molecule has 0 aromatic carbocycles. The Balaban J connectivity index is 2.02. The highest BCUT2D eigenvalue weighted by atomic mass is 79.9. The second-order valence-electron chi connectivity index (χ2n) is 3.58. The fourth-order valence-electron chi connectivity index (χ4n) is 1.23. The average Bonchev–Trinajstić information content (AvgIpc) is 2.71. The highest BCUT2D eigenvalue weighted by Gasteiger charge is 2.04. The van der Waals surface area contributed by atoms with Gasteiger partial charge in [-0.05, 0) is 22.0 Å². The van der Waals surface area contributed by atoms with Gasteiger partial charge in [-0.25, -0.2) is 0 Å². The van der Waals surface area contributed by atoms with E-state index in [0.717, 1.165) is 11.0 Å². The second-order valence-corrected chi connectivity index (χ2v) is 5.50. The highest BCUT2D eigenvalue weighted by molar-refractivity contribution is 9.10. The lowest BCUT2D eigenvalue weighted by atomic mass is 10.3. The van der Waals surface area contributed by atoms with Crippen LogP contribution in [-0.2, 0) is 16.0 Å². The molecule has 0 fully saturated rings. The van der Waals surface area contributed by atoms with Crippen molar-refractivity contribution in [3.63, 3.8) is 0 Å². The third-order valence-electron chi connectivity index (χ3n) is 2.04. The summed E-state index contributed by atoms with van der Waals surface area (Å²) in [5.74, 6) is 0. The van der Waals surface area contributed by atoms with E-state index in [9.17, 15) is 5.11 Å². The Kier molecular flexibility index (Phi) is 8.00. The van der Waals surface area contributed by atoms with Crippen LogP contribution in [0.3, 0.4) is 0 Å². The van der Waals surface area contributed by atoms with Crippen LogP contribution in [0, 0.1) is 0 Å². The minimum absolute atomic E-state index is 0.338. The van der Waals surface area contributed by atoms with Gasteiger partial charge in [-0.3, -0.25) is 0 Å². The van der Waals surface area contributed by atoms with E-state index in [1.54, 1.807) is 18.4 Å². The largest absolute Gasteiger partial charge is 0.389 e. The van der Waals surface area contributed by atoms with Crippen LogP contribution < -0.4 is 5.32 Å². The van der Waals surface area contributed by atoms with Gasteiger partial charge in [0.25, 0.3) is 0 Å². The van der Waals surface area contributed by atoms with Crippen LogP contribution in [-0.4, -0.2) is 44.7 Å². The van der Waals surface area contributed by atoms with Crippen molar-refractivity contribution < 1.29 is 14.6 Å². The number of thiophene rings is 1. The number of hydrogen-bond acceptors (Lipinski definition) is 5. The maximum atomic E-state index is 9.60. The van der Waals surface area contributed by atoms with E-state index in [-0.39, 0.29) is 0 Å². The van der Waals surface area contributed by atoms with Crippen LogP contribution in [0.25, 0.3) is 0 Å². The van der Waals surface area contributed by atoms with Crippen LogP contribution in [0.1, 0.15) is 4.88 Å². The van der Waals surface area contributed by atoms with Gasteiger partial charge in [0, 0.05) is 34.9 Å². The third-order valence-corrected chi connectivity index (χ3v) is 3.74. The summed E-state index contributed by atoms with van der Waals surface area (Å²) in [5, 5.41) is 14.8. The third kappa shape index (κ3) is 7.13. The predicted molar refractivity (Wildman–Crippen MR) is 72.4 cm³/mol. The van der Waals surface area contributed by atoms with E-state index in [2.05, 4.69) is 27.3 Å². The zero-order chi connectivity index (χ0) is 12.5. The van der Waals surface area contributed by atoms with Gasteiger partial charge in [0.1, 0.15) is 0 Å². The molecule has 4 nitrogen and oxygen atoms in total. The van der Waals surface area contributed by atoms with Crippen molar-refractivity contribution in [3.05, 3.63) is 20.8 Å². The molecule has 1 rings (SSSR count). The molecule has 1 aromatic rings. The van der Waals surface area contributed by atoms with E-state index in [4.69, 9.17) is 9.47 Å². The molecule has 0 aliphatic carbocycles. The van der Waals surface area contributed by atoms with Crippen molar-refractivity contribution in [1.82, 2.24) is 5.32 Å². The maximum absolute atomic E-state index is 9.60. The first-order valence-corrected chi connectivity index (χ1v) is 7.08. The molecule has 0 aliphatic rings. The van der Waals surface area contributed by atoms with Gasteiger partial charge in [-0.15, -0.1) is 11.3 Å². The first-order chi connectivity index (χ1) is 8.22. The lowest BCUT2D eigenvalue weighted by Gasteiger charge is -2.11. The lowest BCUT2D eigenvalue weighted by molar-refractivity contribution is 0.0137. The fraction of sp³-hybridized carbons (Fsp3) is 0.636. The SMILES string of the molecule is COCCOCC(O)CNCc1cc(Br)cs1. The van der Waals surface area contributed by atoms with Gasteiger partial charge in [-0.1, -0.05) is 0 Å². The summed E-state index contributed by atoms with van der Waals surface area (Å²) >= 11 is 5.09. The van der Waals surface area contributed by atoms with Crippen molar-refractivity contribution in [1.29, 1.82) is 0 Å². The molecule has 0 radical (unpaired) electrons. The van der Waals surface area contributed by atoms with Crippen LogP contribution in [0.15, 0.2) is 15.9 Å². The van der Waals surface area contributed by atoms with Crippen molar-refractivity contribution in [3.8, 4) is 0 Å². The second kappa shape index (κ2) is 9.02. The Morgan fingerprint density at radius 2 is 2.35 bits per heavy atom. The minimum atomic E-state index is -0.477. The molecule has 17 heavy (non-hydrogen) atoms. The number of methoxy groups -OCH3 is 1.